The lowest BCUT2D eigenvalue weighted by Gasteiger charge is -2.34. The van der Waals surface area contributed by atoms with Crippen LogP contribution in [0.25, 0.3) is 0 Å². The number of ether oxygens (including phenoxy) is 3. The second-order valence-corrected chi connectivity index (χ2v) is 16.2. The minimum atomic E-state index is -1.14. The van der Waals surface area contributed by atoms with Gasteiger partial charge in [-0.05, 0) is 83.5 Å². The molecule has 0 aromatic carbocycles. The summed E-state index contributed by atoms with van der Waals surface area (Å²) in [6.07, 6.45) is 55.8. The van der Waals surface area contributed by atoms with Gasteiger partial charge in [0, 0.05) is 19.3 Å². The molecule has 60 heavy (non-hydrogen) atoms. The fourth-order valence-electron chi connectivity index (χ4n) is 6.18. The molecule has 0 rings (SSSR count). The van der Waals surface area contributed by atoms with Crippen LogP contribution in [0.1, 0.15) is 162 Å². The van der Waals surface area contributed by atoms with Gasteiger partial charge in [0.25, 0.3) is 0 Å². The summed E-state index contributed by atoms with van der Waals surface area (Å²) >= 11 is 0. The van der Waals surface area contributed by atoms with E-state index in [1.807, 2.05) is 0 Å². The lowest BCUT2D eigenvalue weighted by molar-refractivity contribution is -0.889. The van der Waals surface area contributed by atoms with Crippen LogP contribution in [-0.4, -0.2) is 75.5 Å². The first-order valence-electron chi connectivity index (χ1n) is 23.3. The van der Waals surface area contributed by atoms with E-state index >= 15 is 0 Å². The normalized spacial score (nSPS) is 13.8. The van der Waals surface area contributed by atoms with Gasteiger partial charge < -0.3 is 28.6 Å². The smallest absolute Gasteiger partial charge is 0.306 e. The van der Waals surface area contributed by atoms with E-state index in [1.54, 1.807) is 21.1 Å². The summed E-state index contributed by atoms with van der Waals surface area (Å²) in [4.78, 5) is 36.9. The van der Waals surface area contributed by atoms with Crippen molar-refractivity contribution in [3.63, 3.8) is 0 Å². The Morgan fingerprint density at radius 1 is 0.500 bits per heavy atom. The van der Waals surface area contributed by atoms with E-state index in [-0.39, 0.29) is 49.1 Å². The maximum atomic E-state index is 12.8. The van der Waals surface area contributed by atoms with Crippen LogP contribution in [0.4, 0.5) is 0 Å². The van der Waals surface area contributed by atoms with Crippen molar-refractivity contribution in [2.75, 3.05) is 41.0 Å². The van der Waals surface area contributed by atoms with Gasteiger partial charge in [-0.25, -0.2) is 0 Å². The van der Waals surface area contributed by atoms with Crippen molar-refractivity contribution in [2.24, 2.45) is 0 Å². The number of carboxylic acid groups (broad SMARTS) is 1. The lowest BCUT2D eigenvalue weighted by atomic mass is 10.1. The van der Waals surface area contributed by atoms with Gasteiger partial charge >= 0.3 is 11.9 Å². The summed E-state index contributed by atoms with van der Waals surface area (Å²) in [6, 6.07) is -0.741. The van der Waals surface area contributed by atoms with E-state index in [4.69, 9.17) is 14.2 Å². The fourth-order valence-corrected chi connectivity index (χ4v) is 6.18. The molecule has 0 N–H and O–H groups in total. The van der Waals surface area contributed by atoms with Crippen LogP contribution in [0.15, 0.2) is 97.2 Å². The average Bonchev–Trinajstić information content (AvgIpc) is 3.21. The third-order valence-corrected chi connectivity index (χ3v) is 9.72. The van der Waals surface area contributed by atoms with Gasteiger partial charge in [-0.2, -0.15) is 0 Å². The van der Waals surface area contributed by atoms with Crippen molar-refractivity contribution in [1.82, 2.24) is 0 Å². The Balaban J connectivity index is 4.42. The summed E-state index contributed by atoms with van der Waals surface area (Å²) in [6.45, 7) is 4.36. The van der Waals surface area contributed by atoms with E-state index in [2.05, 4.69) is 111 Å². The maximum Gasteiger partial charge on any atom is 0.306 e. The lowest BCUT2D eigenvalue weighted by Crippen LogP contribution is -2.55. The number of likely N-dealkylation sites (N-methyl/N-ethyl adjacent to an activating group) is 1. The Morgan fingerprint density at radius 2 is 0.900 bits per heavy atom. The maximum absolute atomic E-state index is 12.8. The van der Waals surface area contributed by atoms with Crippen LogP contribution in [-0.2, 0) is 28.6 Å². The molecule has 340 valence electrons. The van der Waals surface area contributed by atoms with Gasteiger partial charge in [-0.3, -0.25) is 9.59 Å². The summed E-state index contributed by atoms with van der Waals surface area (Å²) in [7, 11) is 5.38. The molecule has 0 aromatic heterocycles. The van der Waals surface area contributed by atoms with E-state index in [0.717, 1.165) is 83.5 Å². The van der Waals surface area contributed by atoms with Crippen LogP contribution in [0.5, 0.6) is 0 Å². The number of carboxylic acids is 1. The molecule has 8 heteroatoms. The average molecular weight is 836 g/mol. The molecule has 0 saturated carbocycles. The highest BCUT2D eigenvalue weighted by Crippen LogP contribution is 2.13. The van der Waals surface area contributed by atoms with Crippen LogP contribution < -0.4 is 5.11 Å². The number of esters is 2. The van der Waals surface area contributed by atoms with Gasteiger partial charge in [0.05, 0.1) is 40.3 Å². The highest BCUT2D eigenvalue weighted by Gasteiger charge is 2.25. The van der Waals surface area contributed by atoms with Crippen molar-refractivity contribution < 1.29 is 38.2 Å². The van der Waals surface area contributed by atoms with Crippen LogP contribution in [0, 0.1) is 0 Å². The first kappa shape index (κ1) is 56.2. The zero-order chi connectivity index (χ0) is 44.2. The summed E-state index contributed by atoms with van der Waals surface area (Å²) in [5, 5.41) is 11.6. The minimum Gasteiger partial charge on any atom is -0.544 e. The molecule has 0 saturated heterocycles. The van der Waals surface area contributed by atoms with E-state index in [1.165, 1.54) is 38.5 Å². The van der Waals surface area contributed by atoms with Gasteiger partial charge in [0.15, 0.2) is 6.10 Å². The van der Waals surface area contributed by atoms with Crippen molar-refractivity contribution in [1.29, 1.82) is 0 Å². The molecule has 0 aliphatic heterocycles. The Labute approximate surface area is 366 Å². The zero-order valence-corrected chi connectivity index (χ0v) is 38.6. The first-order valence-corrected chi connectivity index (χ1v) is 23.3. The van der Waals surface area contributed by atoms with Crippen molar-refractivity contribution >= 4 is 17.9 Å². The van der Waals surface area contributed by atoms with Crippen molar-refractivity contribution in [2.45, 2.75) is 174 Å². The third kappa shape index (κ3) is 39.7. The number of hydrogen-bond acceptors (Lipinski definition) is 7. The molecule has 0 aliphatic rings. The number of allylic oxidation sites excluding steroid dienone is 16. The molecule has 2 unspecified atom stereocenters. The Kier molecular flexibility index (Phi) is 39.3. The number of nitrogens with zero attached hydrogens (tertiary/aromatic N) is 1. The molecule has 0 aliphatic carbocycles. The molecule has 0 amide bonds. The summed E-state index contributed by atoms with van der Waals surface area (Å²) in [5.41, 5.74) is 0. The number of carbonyl (C=O) groups is 3. The number of quaternary nitrogens is 1. The zero-order valence-electron chi connectivity index (χ0n) is 38.6. The van der Waals surface area contributed by atoms with Gasteiger partial charge in [0.1, 0.15) is 12.6 Å². The molecule has 2 atom stereocenters. The predicted octanol–water partition coefficient (Wildman–Crippen LogP) is 11.7. The number of carbonyl (C=O) groups excluding carboxylic acids is 3. The minimum absolute atomic E-state index is 0.0147. The number of unbranched alkanes of at least 4 members (excludes halogenated alkanes) is 10. The van der Waals surface area contributed by atoms with Crippen LogP contribution in [0.2, 0.25) is 0 Å². The largest absolute Gasteiger partial charge is 0.544 e. The second-order valence-electron chi connectivity index (χ2n) is 16.2. The standard InChI is InChI=1S/C52H85NO7/c1-6-8-10-12-14-16-18-20-22-24-25-27-29-31-33-35-37-39-41-43-51(55)60-48(46-58-45-44-49(52(56)57)53(3,4)5)47-59-50(54)42-40-38-36-34-32-30-28-26-23-21-19-17-15-13-11-9-7-2/h8-11,14-17,20-23,28,30,34,36,48-49H,6-7,12-13,18-19,24-27,29,31-33,35,37-47H2,1-5H3/b10-8+,11-9+,16-14+,17-15+,22-20+,23-21+,30-28+,36-34+. The SMILES string of the molecule is CC/C=C/C/C=C/C/C=C/C/C=C/C/C=C/CCCC(=O)OCC(COCCC(C(=O)[O-])[N+](C)(C)C)OC(=O)CCCCCCCCCCC/C=C/C/C=C/C/C=C/CC. The van der Waals surface area contributed by atoms with Crippen molar-refractivity contribution in [3.05, 3.63) is 97.2 Å². The summed E-state index contributed by atoms with van der Waals surface area (Å²) < 4.78 is 17.1. The monoisotopic (exact) mass is 836 g/mol. The highest BCUT2D eigenvalue weighted by atomic mass is 16.6. The van der Waals surface area contributed by atoms with Crippen LogP contribution in [0.3, 0.4) is 0 Å². The molecule has 0 radical (unpaired) electrons. The quantitative estimate of drug-likeness (QED) is 0.0262. The Morgan fingerprint density at radius 3 is 1.35 bits per heavy atom. The van der Waals surface area contributed by atoms with Gasteiger partial charge in [-0.1, -0.05) is 156 Å². The first-order chi connectivity index (χ1) is 29.1. The van der Waals surface area contributed by atoms with E-state index < -0.39 is 18.1 Å². The third-order valence-electron chi connectivity index (χ3n) is 9.72. The second kappa shape index (κ2) is 42.0. The molecule has 0 fully saturated rings. The summed E-state index contributed by atoms with van der Waals surface area (Å²) in [5.74, 6) is -1.83. The van der Waals surface area contributed by atoms with Crippen molar-refractivity contribution in [3.8, 4) is 0 Å². The van der Waals surface area contributed by atoms with Gasteiger partial charge in [-0.15, -0.1) is 0 Å². The predicted molar refractivity (Wildman–Crippen MR) is 249 cm³/mol. The Bertz CT molecular complexity index is 1300. The molecule has 0 aromatic rings. The Hall–Kier alpha value is -3.75. The topological polar surface area (TPSA) is 102 Å². The molecular weight excluding hydrogens is 751 g/mol. The highest BCUT2D eigenvalue weighted by molar-refractivity contribution is 5.70. The van der Waals surface area contributed by atoms with Gasteiger partial charge in [0.2, 0.25) is 0 Å². The van der Waals surface area contributed by atoms with E-state index in [9.17, 15) is 19.5 Å². The molecule has 0 bridgehead atoms. The molecule has 0 heterocycles. The molecular formula is C52H85NO7. The molecule has 0 spiro atoms. The van der Waals surface area contributed by atoms with Crippen LogP contribution >= 0.6 is 0 Å². The fraction of sp³-hybridized carbons (Fsp3) is 0.635. The number of hydrogen-bond donors (Lipinski definition) is 0. The number of aliphatic carboxylic acids is 1. The van der Waals surface area contributed by atoms with E-state index in [0.29, 0.717) is 12.8 Å². The number of rotatable bonds is 40. The molecule has 8 nitrogen and oxygen atoms in total.